The third kappa shape index (κ3) is 27.0. The molecule has 14 nitrogen and oxygen atoms in total. The maximum absolute atomic E-state index is 13.2. The fourth-order valence-corrected chi connectivity index (χ4v) is 8.95. The molecule has 0 spiro atoms. The summed E-state index contributed by atoms with van der Waals surface area (Å²) >= 11 is 0. The molecular weight excluding hydrogens is 859 g/mol. The molecule has 2 rings (SSSR count). The van der Waals surface area contributed by atoms with Crippen molar-refractivity contribution in [3.8, 4) is 0 Å². The second kappa shape index (κ2) is 40.1. The van der Waals surface area contributed by atoms with Crippen molar-refractivity contribution >= 4 is 5.91 Å². The molecule has 0 bridgehead atoms. The number of ether oxygens (including phenoxy) is 4. The van der Waals surface area contributed by atoms with Gasteiger partial charge in [0.1, 0.15) is 48.8 Å². The van der Waals surface area contributed by atoms with Gasteiger partial charge < -0.3 is 65.1 Å². The number of hydrogen-bond acceptors (Lipinski definition) is 13. The van der Waals surface area contributed by atoms with Gasteiger partial charge in [-0.15, -0.1) is 0 Å². The first-order valence-electron chi connectivity index (χ1n) is 27.1. The first-order valence-corrected chi connectivity index (χ1v) is 27.1. The van der Waals surface area contributed by atoms with Gasteiger partial charge in [0.05, 0.1) is 32.0 Å². The van der Waals surface area contributed by atoms with E-state index in [0.29, 0.717) is 12.8 Å². The average molecular weight is 958 g/mol. The number of allylic oxidation sites excluding steroid dienone is 3. The standard InChI is InChI=1S/C53H99NO13/c1-3-5-7-9-11-13-15-17-18-19-20-21-22-23-24-25-26-28-30-32-34-36-42(57)41(54-45(58)37-35-33-31-29-27-16-14-12-10-8-6-4-2)40-64-52-50(63)48(61)51(44(39-56)66-52)67-53-49(62)47(60)46(59)43(38-55)65-53/h26,28,34,36,41-44,46-53,55-57,59-63H,3-25,27,29-33,35,37-40H2,1-2H3,(H,54,58)/b28-26+,36-34+. The summed E-state index contributed by atoms with van der Waals surface area (Å²) in [5.74, 6) is -0.249. The molecule has 67 heavy (non-hydrogen) atoms. The molecule has 0 aliphatic carbocycles. The van der Waals surface area contributed by atoms with Gasteiger partial charge in [0, 0.05) is 6.42 Å². The van der Waals surface area contributed by atoms with E-state index in [1.807, 2.05) is 6.08 Å². The van der Waals surface area contributed by atoms with Crippen molar-refractivity contribution < 1.29 is 64.6 Å². The van der Waals surface area contributed by atoms with Gasteiger partial charge >= 0.3 is 0 Å². The molecular formula is C53H99NO13. The highest BCUT2D eigenvalue weighted by Crippen LogP contribution is 2.30. The van der Waals surface area contributed by atoms with Gasteiger partial charge in [-0.05, 0) is 32.1 Å². The molecule has 2 fully saturated rings. The molecule has 0 aromatic carbocycles. The zero-order chi connectivity index (χ0) is 48.9. The Morgan fingerprint density at radius 2 is 0.955 bits per heavy atom. The summed E-state index contributed by atoms with van der Waals surface area (Å²) in [7, 11) is 0. The number of rotatable bonds is 42. The van der Waals surface area contributed by atoms with Gasteiger partial charge in [0.15, 0.2) is 12.6 Å². The average Bonchev–Trinajstić information content (AvgIpc) is 3.32. The third-order valence-corrected chi connectivity index (χ3v) is 13.4. The van der Waals surface area contributed by atoms with Crippen molar-refractivity contribution in [3.05, 3.63) is 24.3 Å². The first-order chi connectivity index (χ1) is 32.6. The number of carbonyl (C=O) groups is 1. The maximum Gasteiger partial charge on any atom is 0.220 e. The SMILES string of the molecule is CCCCCCCCCCCCCCCCC/C=C/CC/C=C/C(O)C(COC1OC(CO)C(OC2OC(CO)C(O)C(O)C2O)C(O)C1O)NC(=O)CCCCCCCCCCCCCC. The van der Waals surface area contributed by atoms with Crippen LogP contribution < -0.4 is 5.32 Å². The molecule has 2 aliphatic rings. The summed E-state index contributed by atoms with van der Waals surface area (Å²) in [5.41, 5.74) is 0. The van der Waals surface area contributed by atoms with Crippen LogP contribution in [0, 0.1) is 0 Å². The monoisotopic (exact) mass is 958 g/mol. The minimum Gasteiger partial charge on any atom is -0.394 e. The Hall–Kier alpha value is -1.53. The van der Waals surface area contributed by atoms with Crippen LogP contribution in [0.4, 0.5) is 0 Å². The van der Waals surface area contributed by atoms with Crippen molar-refractivity contribution in [3.63, 3.8) is 0 Å². The van der Waals surface area contributed by atoms with Crippen LogP contribution in [0.3, 0.4) is 0 Å². The molecule has 12 unspecified atom stereocenters. The second-order valence-corrected chi connectivity index (χ2v) is 19.4. The highest BCUT2D eigenvalue weighted by atomic mass is 16.7. The lowest BCUT2D eigenvalue weighted by Gasteiger charge is -2.46. The summed E-state index contributed by atoms with van der Waals surface area (Å²) < 4.78 is 22.7. The topological polar surface area (TPSA) is 228 Å². The van der Waals surface area contributed by atoms with E-state index in [4.69, 9.17) is 18.9 Å². The van der Waals surface area contributed by atoms with Crippen LogP contribution in [0.25, 0.3) is 0 Å². The summed E-state index contributed by atoms with van der Waals surface area (Å²) in [6.07, 6.45) is 28.0. The molecule has 1 amide bonds. The van der Waals surface area contributed by atoms with E-state index in [0.717, 1.165) is 32.1 Å². The zero-order valence-electron chi connectivity index (χ0n) is 41.9. The van der Waals surface area contributed by atoms with Crippen molar-refractivity contribution in [1.29, 1.82) is 0 Å². The molecule has 9 N–H and O–H groups in total. The van der Waals surface area contributed by atoms with Gasteiger partial charge in [-0.3, -0.25) is 4.79 Å². The van der Waals surface area contributed by atoms with Crippen molar-refractivity contribution in [2.45, 2.75) is 286 Å². The third-order valence-electron chi connectivity index (χ3n) is 13.4. The Morgan fingerprint density at radius 3 is 1.46 bits per heavy atom. The van der Waals surface area contributed by atoms with E-state index in [2.05, 4.69) is 31.3 Å². The molecule has 2 saturated heterocycles. The lowest BCUT2D eigenvalue weighted by atomic mass is 9.97. The minimum atomic E-state index is -1.79. The normalized spacial score (nSPS) is 26.7. The number of aliphatic hydroxyl groups excluding tert-OH is 8. The van der Waals surface area contributed by atoms with Crippen molar-refractivity contribution in [2.24, 2.45) is 0 Å². The molecule has 0 aromatic heterocycles. The highest BCUT2D eigenvalue weighted by molar-refractivity contribution is 5.76. The fourth-order valence-electron chi connectivity index (χ4n) is 8.95. The van der Waals surface area contributed by atoms with Crippen LogP contribution in [0.1, 0.15) is 213 Å². The maximum atomic E-state index is 13.2. The fraction of sp³-hybridized carbons (Fsp3) is 0.906. The van der Waals surface area contributed by atoms with Crippen LogP contribution in [-0.4, -0.2) is 140 Å². The smallest absolute Gasteiger partial charge is 0.220 e. The molecule has 394 valence electrons. The summed E-state index contributed by atoms with van der Waals surface area (Å²) in [6.45, 7) is 2.77. The number of hydrogen-bond donors (Lipinski definition) is 9. The van der Waals surface area contributed by atoms with Crippen molar-refractivity contribution in [1.82, 2.24) is 5.32 Å². The van der Waals surface area contributed by atoms with Crippen molar-refractivity contribution in [2.75, 3.05) is 19.8 Å². The van der Waals surface area contributed by atoms with Gasteiger partial charge in [0.25, 0.3) is 0 Å². The molecule has 12 atom stereocenters. The Balaban J connectivity index is 1.82. The van der Waals surface area contributed by atoms with Gasteiger partial charge in [-0.25, -0.2) is 0 Å². The van der Waals surface area contributed by atoms with Crippen LogP contribution in [0.15, 0.2) is 24.3 Å². The van der Waals surface area contributed by atoms with Crippen LogP contribution in [-0.2, 0) is 23.7 Å². The summed E-state index contributed by atoms with van der Waals surface area (Å²) in [5, 5.41) is 86.8. The van der Waals surface area contributed by atoms with Crippen LogP contribution >= 0.6 is 0 Å². The van der Waals surface area contributed by atoms with Gasteiger partial charge in [-0.2, -0.15) is 0 Å². The van der Waals surface area contributed by atoms with Crippen LogP contribution in [0.2, 0.25) is 0 Å². The second-order valence-electron chi connectivity index (χ2n) is 19.4. The minimum absolute atomic E-state index is 0.249. The van der Waals surface area contributed by atoms with E-state index in [1.165, 1.54) is 148 Å². The Kier molecular flexibility index (Phi) is 36.9. The summed E-state index contributed by atoms with van der Waals surface area (Å²) in [4.78, 5) is 13.2. The lowest BCUT2D eigenvalue weighted by Crippen LogP contribution is -2.65. The van der Waals surface area contributed by atoms with Gasteiger partial charge in [0.2, 0.25) is 5.91 Å². The van der Waals surface area contributed by atoms with E-state index >= 15 is 0 Å². The van der Waals surface area contributed by atoms with Gasteiger partial charge in [-0.1, -0.05) is 199 Å². The predicted molar refractivity (Wildman–Crippen MR) is 263 cm³/mol. The number of unbranched alkanes of at least 4 members (excludes halogenated alkanes) is 27. The molecule has 14 heteroatoms. The number of amides is 1. The van der Waals surface area contributed by atoms with E-state index in [-0.39, 0.29) is 18.9 Å². The molecule has 2 heterocycles. The molecule has 0 aromatic rings. The molecule has 0 radical (unpaired) electrons. The lowest BCUT2D eigenvalue weighted by molar-refractivity contribution is -0.359. The van der Waals surface area contributed by atoms with E-state index in [9.17, 15) is 45.6 Å². The van der Waals surface area contributed by atoms with Crippen LogP contribution in [0.5, 0.6) is 0 Å². The highest BCUT2D eigenvalue weighted by Gasteiger charge is 2.51. The molecule has 0 saturated carbocycles. The number of carbonyl (C=O) groups excluding carboxylic acids is 1. The first kappa shape index (κ1) is 61.6. The van der Waals surface area contributed by atoms with E-state index < -0.39 is 86.8 Å². The quantitative estimate of drug-likeness (QED) is 0.0211. The number of nitrogens with one attached hydrogen (secondary N) is 1. The van der Waals surface area contributed by atoms with E-state index in [1.54, 1.807) is 6.08 Å². The number of aliphatic hydroxyl groups is 8. The Labute approximate surface area is 405 Å². The largest absolute Gasteiger partial charge is 0.394 e. The summed E-state index contributed by atoms with van der Waals surface area (Å²) in [6, 6.07) is -0.926. The Bertz CT molecular complexity index is 1220. The zero-order valence-corrected chi connectivity index (χ0v) is 41.9. The molecule has 2 aliphatic heterocycles. The predicted octanol–water partition coefficient (Wildman–Crippen LogP) is 7.72. The Morgan fingerprint density at radius 1 is 0.522 bits per heavy atom.